The van der Waals surface area contributed by atoms with Crippen LogP contribution in [0, 0.1) is 0 Å². The maximum Gasteiger partial charge on any atom is 1.00 e. The molecule has 0 saturated carbocycles. The SMILES string of the molecule is O=S(=O)(O)c1cc2ccc3cccc4ccc(c1S(=O)(=O)O)c2c34.[H-].[Na+]. The van der Waals surface area contributed by atoms with Gasteiger partial charge in [0.2, 0.25) is 0 Å². The second-order valence-electron chi connectivity index (χ2n) is 5.51. The van der Waals surface area contributed by atoms with Gasteiger partial charge in [-0.15, -0.1) is 0 Å². The third kappa shape index (κ3) is 2.83. The molecule has 0 unspecified atom stereocenters. The summed E-state index contributed by atoms with van der Waals surface area (Å²) in [6.07, 6.45) is 0. The molecule has 0 heterocycles. The number of hydrogen-bond acceptors (Lipinski definition) is 4. The quantitative estimate of drug-likeness (QED) is 0.289. The molecule has 4 aromatic carbocycles. The van der Waals surface area contributed by atoms with Crippen LogP contribution in [-0.2, 0) is 20.2 Å². The molecule has 25 heavy (non-hydrogen) atoms. The van der Waals surface area contributed by atoms with Crippen LogP contribution in [0.5, 0.6) is 0 Å². The van der Waals surface area contributed by atoms with Gasteiger partial charge in [0.05, 0.1) is 0 Å². The smallest absolute Gasteiger partial charge is 1.00 e. The van der Waals surface area contributed by atoms with Gasteiger partial charge < -0.3 is 1.43 Å². The molecule has 0 saturated heterocycles. The molecule has 124 valence electrons. The summed E-state index contributed by atoms with van der Waals surface area (Å²) in [5.74, 6) is 0. The minimum absolute atomic E-state index is 0. The van der Waals surface area contributed by atoms with Gasteiger partial charge in [-0.05, 0) is 33.0 Å². The Hall–Kier alpha value is -1.26. The first-order valence-corrected chi connectivity index (χ1v) is 9.71. The molecule has 0 atom stereocenters. The molecule has 0 aliphatic carbocycles. The van der Waals surface area contributed by atoms with Crippen LogP contribution in [-0.4, -0.2) is 25.9 Å². The zero-order valence-electron chi connectivity index (χ0n) is 14.0. The van der Waals surface area contributed by atoms with Gasteiger partial charge in [0.15, 0.2) is 0 Å². The van der Waals surface area contributed by atoms with Crippen LogP contribution in [0.3, 0.4) is 0 Å². The number of benzene rings is 4. The van der Waals surface area contributed by atoms with E-state index in [1.54, 1.807) is 18.2 Å². The second kappa shape index (κ2) is 5.88. The van der Waals surface area contributed by atoms with Crippen molar-refractivity contribution in [2.75, 3.05) is 0 Å². The summed E-state index contributed by atoms with van der Waals surface area (Å²) in [6.45, 7) is 0. The molecule has 0 aliphatic heterocycles. The predicted octanol–water partition coefficient (Wildman–Crippen LogP) is 0.194. The fraction of sp³-hybridized carbons (Fsp3) is 0. The van der Waals surface area contributed by atoms with Crippen molar-refractivity contribution in [2.45, 2.75) is 9.79 Å². The molecule has 0 spiro atoms. The van der Waals surface area contributed by atoms with Gasteiger partial charge in [0.25, 0.3) is 20.2 Å². The standard InChI is InChI=1S/C16H10O6S2.Na.H/c17-23(18,19)13-8-11-5-4-9-2-1-3-10-6-7-12(15(11)14(9)10)16(13)24(20,21)22;;/h1-8H,(H,17,18,19)(H,20,21,22);;/q;+1;-1. The van der Waals surface area contributed by atoms with Crippen LogP contribution >= 0.6 is 0 Å². The van der Waals surface area contributed by atoms with Crippen molar-refractivity contribution in [1.82, 2.24) is 0 Å². The zero-order valence-corrected chi connectivity index (χ0v) is 16.6. The topological polar surface area (TPSA) is 109 Å². The molecule has 0 radical (unpaired) electrons. The largest absolute Gasteiger partial charge is 1.00 e. The summed E-state index contributed by atoms with van der Waals surface area (Å²) in [5.41, 5.74) is 0. The molecule has 4 aromatic rings. The van der Waals surface area contributed by atoms with E-state index in [0.29, 0.717) is 10.8 Å². The molecule has 9 heteroatoms. The van der Waals surface area contributed by atoms with Gasteiger partial charge in [-0.3, -0.25) is 9.11 Å². The van der Waals surface area contributed by atoms with Crippen molar-refractivity contribution in [3.63, 3.8) is 0 Å². The molecule has 0 amide bonds. The minimum Gasteiger partial charge on any atom is -1.00 e. The summed E-state index contributed by atoms with van der Waals surface area (Å²) in [6, 6.07) is 13.1. The van der Waals surface area contributed by atoms with Crippen LogP contribution < -0.4 is 29.6 Å². The van der Waals surface area contributed by atoms with Gasteiger partial charge >= 0.3 is 29.6 Å². The minimum atomic E-state index is -4.88. The van der Waals surface area contributed by atoms with Crippen molar-refractivity contribution < 1.29 is 56.9 Å². The Bertz CT molecular complexity index is 1330. The predicted molar refractivity (Wildman–Crippen MR) is 90.9 cm³/mol. The van der Waals surface area contributed by atoms with Gasteiger partial charge in [0, 0.05) is 5.39 Å². The third-order valence-corrected chi connectivity index (χ3v) is 6.06. The molecule has 0 aromatic heterocycles. The maximum atomic E-state index is 11.8. The average molecular weight is 386 g/mol. The van der Waals surface area contributed by atoms with E-state index in [9.17, 15) is 25.9 Å². The molecular weight excluding hydrogens is 375 g/mol. The van der Waals surface area contributed by atoms with E-state index in [-0.39, 0.29) is 36.4 Å². The van der Waals surface area contributed by atoms with Crippen LogP contribution in [0.15, 0.2) is 58.3 Å². The van der Waals surface area contributed by atoms with Crippen molar-refractivity contribution in [2.24, 2.45) is 0 Å². The molecule has 2 N–H and O–H groups in total. The van der Waals surface area contributed by atoms with E-state index in [4.69, 9.17) is 0 Å². The van der Waals surface area contributed by atoms with Crippen LogP contribution in [0.2, 0.25) is 0 Å². The molecule has 0 fully saturated rings. The van der Waals surface area contributed by atoms with Crippen LogP contribution in [0.1, 0.15) is 1.43 Å². The summed E-state index contributed by atoms with van der Waals surface area (Å²) < 4.78 is 65.9. The van der Waals surface area contributed by atoms with Crippen LogP contribution in [0.4, 0.5) is 0 Å². The monoisotopic (exact) mass is 386 g/mol. The summed E-state index contributed by atoms with van der Waals surface area (Å²) in [4.78, 5) is -1.65. The Labute approximate surface area is 167 Å². The first-order chi connectivity index (χ1) is 11.2. The third-order valence-electron chi connectivity index (χ3n) is 4.10. The first kappa shape index (κ1) is 18.5. The summed E-state index contributed by atoms with van der Waals surface area (Å²) in [7, 11) is -9.73. The fourth-order valence-electron chi connectivity index (χ4n) is 3.22. The van der Waals surface area contributed by atoms with E-state index in [1.165, 1.54) is 6.07 Å². The normalized spacial score (nSPS) is 12.7. The van der Waals surface area contributed by atoms with Crippen molar-refractivity contribution in [3.8, 4) is 0 Å². The van der Waals surface area contributed by atoms with Crippen LogP contribution in [0.25, 0.3) is 32.3 Å². The Morgan fingerprint density at radius 2 is 1.28 bits per heavy atom. The maximum absolute atomic E-state index is 11.8. The second-order valence-corrected chi connectivity index (χ2v) is 8.26. The Kier molecular flexibility index (Phi) is 4.36. The van der Waals surface area contributed by atoms with E-state index < -0.39 is 30.0 Å². The fourth-order valence-corrected chi connectivity index (χ4v) is 5.23. The van der Waals surface area contributed by atoms with Crippen molar-refractivity contribution in [1.29, 1.82) is 0 Å². The van der Waals surface area contributed by atoms with Crippen molar-refractivity contribution in [3.05, 3.63) is 48.5 Å². The van der Waals surface area contributed by atoms with Gasteiger partial charge in [-0.1, -0.05) is 42.5 Å². The van der Waals surface area contributed by atoms with E-state index in [0.717, 1.165) is 22.2 Å². The number of hydrogen-bond donors (Lipinski definition) is 2. The average Bonchev–Trinajstić information content (AvgIpc) is 2.50. The van der Waals surface area contributed by atoms with Crippen molar-refractivity contribution >= 4 is 52.6 Å². The molecular formula is C16H11NaO6S2. The van der Waals surface area contributed by atoms with Gasteiger partial charge in [-0.2, -0.15) is 16.8 Å². The van der Waals surface area contributed by atoms with E-state index in [1.807, 2.05) is 18.2 Å². The number of rotatable bonds is 2. The van der Waals surface area contributed by atoms with Gasteiger partial charge in [-0.25, -0.2) is 0 Å². The molecule has 0 bridgehead atoms. The first-order valence-electron chi connectivity index (χ1n) is 6.83. The zero-order chi connectivity index (χ0) is 17.3. The molecule has 4 rings (SSSR count). The van der Waals surface area contributed by atoms with E-state index in [2.05, 4.69) is 0 Å². The van der Waals surface area contributed by atoms with E-state index >= 15 is 0 Å². The summed E-state index contributed by atoms with van der Waals surface area (Å²) >= 11 is 0. The molecule has 0 aliphatic rings. The Balaban J connectivity index is 0.00000121. The summed E-state index contributed by atoms with van der Waals surface area (Å²) in [5, 5.41) is 3.49. The Morgan fingerprint density at radius 1 is 0.720 bits per heavy atom. The Morgan fingerprint density at radius 3 is 1.84 bits per heavy atom. The molecule has 6 nitrogen and oxygen atoms in total. The van der Waals surface area contributed by atoms with Gasteiger partial charge in [0.1, 0.15) is 9.79 Å².